The SMILES string of the molecule is Cc1cccc(-n2c(C)cc([C@H]3[C@@H](c4ccccn4)NC(=S)N3C)c2C)c1. The molecule has 4 rings (SSSR count). The molecule has 5 heteroatoms. The molecule has 27 heavy (non-hydrogen) atoms. The van der Waals surface area contributed by atoms with Gasteiger partial charge in [0.05, 0.1) is 17.8 Å². The van der Waals surface area contributed by atoms with Crippen LogP contribution in [0.5, 0.6) is 0 Å². The first-order chi connectivity index (χ1) is 13.0. The number of nitrogens with one attached hydrogen (secondary N) is 1. The average Bonchev–Trinajstić information content (AvgIpc) is 3.11. The van der Waals surface area contributed by atoms with Crippen molar-refractivity contribution in [3.8, 4) is 5.69 Å². The van der Waals surface area contributed by atoms with E-state index in [4.69, 9.17) is 12.2 Å². The molecular weight excluding hydrogens is 352 g/mol. The third-order valence-electron chi connectivity index (χ3n) is 5.39. The quantitative estimate of drug-likeness (QED) is 0.687. The van der Waals surface area contributed by atoms with Crippen LogP contribution in [0.15, 0.2) is 54.7 Å². The van der Waals surface area contributed by atoms with Gasteiger partial charge < -0.3 is 14.8 Å². The van der Waals surface area contributed by atoms with E-state index in [0.29, 0.717) is 0 Å². The molecule has 3 heterocycles. The third-order valence-corrected chi connectivity index (χ3v) is 5.79. The lowest BCUT2D eigenvalue weighted by atomic mass is 9.97. The number of hydrogen-bond acceptors (Lipinski definition) is 2. The lowest BCUT2D eigenvalue weighted by molar-refractivity contribution is 0.367. The van der Waals surface area contributed by atoms with Crippen LogP contribution in [0, 0.1) is 20.8 Å². The molecule has 0 amide bonds. The van der Waals surface area contributed by atoms with Crippen molar-refractivity contribution in [2.24, 2.45) is 0 Å². The molecule has 0 aliphatic carbocycles. The number of hydrogen-bond donors (Lipinski definition) is 1. The summed E-state index contributed by atoms with van der Waals surface area (Å²) in [5.74, 6) is 0. The summed E-state index contributed by atoms with van der Waals surface area (Å²) in [7, 11) is 2.06. The van der Waals surface area contributed by atoms with Crippen molar-refractivity contribution in [3.05, 3.63) is 82.9 Å². The summed E-state index contributed by atoms with van der Waals surface area (Å²) in [6.45, 7) is 6.48. The van der Waals surface area contributed by atoms with Crippen LogP contribution in [0.1, 0.15) is 40.3 Å². The second-order valence-corrected chi connectivity index (χ2v) is 7.63. The van der Waals surface area contributed by atoms with Gasteiger partial charge in [-0.2, -0.15) is 0 Å². The largest absolute Gasteiger partial charge is 0.352 e. The summed E-state index contributed by atoms with van der Waals surface area (Å²) >= 11 is 5.57. The van der Waals surface area contributed by atoms with Crippen LogP contribution in [-0.2, 0) is 0 Å². The van der Waals surface area contributed by atoms with E-state index in [0.717, 1.165) is 10.8 Å². The van der Waals surface area contributed by atoms with Gasteiger partial charge in [-0.15, -0.1) is 0 Å². The molecule has 1 aromatic carbocycles. The molecule has 138 valence electrons. The molecule has 1 aliphatic rings. The Morgan fingerprint density at radius 1 is 1.04 bits per heavy atom. The fraction of sp³-hybridized carbons (Fsp3) is 0.273. The molecule has 2 atom stereocenters. The molecule has 0 saturated carbocycles. The fourth-order valence-electron chi connectivity index (χ4n) is 4.10. The van der Waals surface area contributed by atoms with Crippen molar-refractivity contribution in [1.29, 1.82) is 0 Å². The van der Waals surface area contributed by atoms with Gasteiger partial charge in [-0.25, -0.2) is 0 Å². The predicted molar refractivity (Wildman–Crippen MR) is 113 cm³/mol. The normalized spacial score (nSPS) is 19.4. The second kappa shape index (κ2) is 6.82. The maximum atomic E-state index is 5.57. The topological polar surface area (TPSA) is 33.1 Å². The minimum absolute atomic E-state index is 0.0372. The van der Waals surface area contributed by atoms with E-state index in [9.17, 15) is 0 Å². The lowest BCUT2D eigenvalue weighted by Crippen LogP contribution is -2.25. The zero-order chi connectivity index (χ0) is 19.1. The average molecular weight is 377 g/mol. The van der Waals surface area contributed by atoms with E-state index < -0.39 is 0 Å². The summed E-state index contributed by atoms with van der Waals surface area (Å²) in [6, 6.07) is 17.1. The zero-order valence-electron chi connectivity index (χ0n) is 16.1. The van der Waals surface area contributed by atoms with Gasteiger partial charge in [0.2, 0.25) is 0 Å². The van der Waals surface area contributed by atoms with Gasteiger partial charge in [0.25, 0.3) is 0 Å². The molecule has 1 N–H and O–H groups in total. The summed E-state index contributed by atoms with van der Waals surface area (Å²) in [6.07, 6.45) is 1.84. The van der Waals surface area contributed by atoms with Crippen LogP contribution in [0.25, 0.3) is 5.69 Å². The van der Waals surface area contributed by atoms with Crippen molar-refractivity contribution in [2.45, 2.75) is 32.9 Å². The van der Waals surface area contributed by atoms with Gasteiger partial charge in [-0.05, 0) is 74.4 Å². The van der Waals surface area contributed by atoms with E-state index in [1.807, 2.05) is 18.3 Å². The van der Waals surface area contributed by atoms with Gasteiger partial charge in [-0.3, -0.25) is 4.98 Å². The van der Waals surface area contributed by atoms with Crippen molar-refractivity contribution >= 4 is 17.3 Å². The van der Waals surface area contributed by atoms with Crippen molar-refractivity contribution in [1.82, 2.24) is 19.8 Å². The summed E-state index contributed by atoms with van der Waals surface area (Å²) in [5.41, 5.74) is 7.20. The first-order valence-corrected chi connectivity index (χ1v) is 9.58. The molecule has 0 radical (unpaired) electrons. The Morgan fingerprint density at radius 3 is 2.56 bits per heavy atom. The molecular formula is C22H24N4S. The number of aromatic nitrogens is 2. The van der Waals surface area contributed by atoms with Crippen LogP contribution >= 0.6 is 12.2 Å². The molecule has 1 saturated heterocycles. The van der Waals surface area contributed by atoms with E-state index in [1.54, 1.807) is 0 Å². The lowest BCUT2D eigenvalue weighted by Gasteiger charge is -2.24. The van der Waals surface area contributed by atoms with Gasteiger partial charge in [0.1, 0.15) is 0 Å². The maximum Gasteiger partial charge on any atom is 0.169 e. The Bertz CT molecular complexity index is 993. The number of rotatable bonds is 3. The maximum absolute atomic E-state index is 5.57. The van der Waals surface area contributed by atoms with Crippen LogP contribution in [-0.4, -0.2) is 26.6 Å². The highest BCUT2D eigenvalue weighted by molar-refractivity contribution is 7.80. The minimum Gasteiger partial charge on any atom is -0.352 e. The number of pyridine rings is 1. The highest BCUT2D eigenvalue weighted by Gasteiger charge is 2.39. The smallest absolute Gasteiger partial charge is 0.169 e. The van der Waals surface area contributed by atoms with Gasteiger partial charge in [0, 0.05) is 30.3 Å². The molecule has 0 spiro atoms. The van der Waals surface area contributed by atoms with Gasteiger partial charge in [0.15, 0.2) is 5.11 Å². The van der Waals surface area contributed by atoms with Crippen LogP contribution < -0.4 is 5.32 Å². The van der Waals surface area contributed by atoms with Crippen molar-refractivity contribution < 1.29 is 0 Å². The van der Waals surface area contributed by atoms with Crippen LogP contribution in [0.4, 0.5) is 0 Å². The number of nitrogens with zero attached hydrogens (tertiary/aromatic N) is 3. The van der Waals surface area contributed by atoms with E-state index in [1.165, 1.54) is 28.2 Å². The Kier molecular flexibility index (Phi) is 4.48. The van der Waals surface area contributed by atoms with E-state index >= 15 is 0 Å². The first-order valence-electron chi connectivity index (χ1n) is 9.17. The van der Waals surface area contributed by atoms with Gasteiger partial charge in [-0.1, -0.05) is 18.2 Å². The molecule has 0 bridgehead atoms. The summed E-state index contributed by atoms with van der Waals surface area (Å²) in [4.78, 5) is 6.73. The third kappa shape index (κ3) is 3.02. The van der Waals surface area contributed by atoms with Crippen molar-refractivity contribution in [3.63, 3.8) is 0 Å². The number of benzene rings is 1. The predicted octanol–water partition coefficient (Wildman–Crippen LogP) is 4.40. The zero-order valence-corrected chi connectivity index (χ0v) is 16.9. The van der Waals surface area contributed by atoms with E-state index in [-0.39, 0.29) is 12.1 Å². The van der Waals surface area contributed by atoms with Gasteiger partial charge >= 0.3 is 0 Å². The second-order valence-electron chi connectivity index (χ2n) is 7.24. The first kappa shape index (κ1) is 17.7. The minimum atomic E-state index is 0.0372. The summed E-state index contributed by atoms with van der Waals surface area (Å²) < 4.78 is 2.33. The molecule has 2 aromatic heterocycles. The Hall–Kier alpha value is -2.66. The number of aryl methyl sites for hydroxylation is 2. The molecule has 0 unspecified atom stereocenters. The standard InChI is InChI=1S/C22H24N4S/c1-14-8-7-9-17(12-14)26-15(2)13-18(16(26)3)21-20(24-22(27)25(21)4)19-10-5-6-11-23-19/h5-13,20-21H,1-4H3,(H,24,27)/t20-,21+/m1/s1. The van der Waals surface area contributed by atoms with E-state index in [2.05, 4.69) is 84.0 Å². The number of likely N-dealkylation sites (N-methyl/N-ethyl adjacent to an activating group) is 1. The Balaban J connectivity index is 1.82. The Morgan fingerprint density at radius 2 is 1.85 bits per heavy atom. The molecule has 1 fully saturated rings. The molecule has 1 aliphatic heterocycles. The number of thiocarbonyl (C=S) groups is 1. The van der Waals surface area contributed by atoms with Crippen LogP contribution in [0.3, 0.4) is 0 Å². The fourth-order valence-corrected chi connectivity index (χ4v) is 4.34. The van der Waals surface area contributed by atoms with Crippen LogP contribution in [0.2, 0.25) is 0 Å². The molecule has 4 nitrogen and oxygen atoms in total. The summed E-state index contributed by atoms with van der Waals surface area (Å²) in [5, 5.41) is 4.22. The Labute approximate surface area is 165 Å². The molecule has 3 aromatic rings. The highest BCUT2D eigenvalue weighted by atomic mass is 32.1. The van der Waals surface area contributed by atoms with Crippen molar-refractivity contribution in [2.75, 3.05) is 7.05 Å². The monoisotopic (exact) mass is 376 g/mol. The highest BCUT2D eigenvalue weighted by Crippen LogP contribution is 2.40.